The lowest BCUT2D eigenvalue weighted by molar-refractivity contribution is -0.114. The van der Waals surface area contributed by atoms with Crippen molar-refractivity contribution in [2.75, 3.05) is 22.4 Å². The number of carbonyl (C=O) groups excluding carboxylic acids is 1. The maximum absolute atomic E-state index is 12.8. The second-order valence-electron chi connectivity index (χ2n) is 5.25. The lowest BCUT2D eigenvalue weighted by atomic mass is 10.1. The topological polar surface area (TPSA) is 69.7 Å². The van der Waals surface area contributed by atoms with Gasteiger partial charge in [-0.2, -0.15) is 0 Å². The summed E-state index contributed by atoms with van der Waals surface area (Å²) in [6, 6.07) is 11.3. The van der Waals surface area contributed by atoms with E-state index in [1.807, 2.05) is 31.2 Å². The number of fused-ring (bicyclic) bond motifs is 3. The summed E-state index contributed by atoms with van der Waals surface area (Å²) < 4.78 is 5.05. The number of pyridine rings is 1. The van der Waals surface area contributed by atoms with Crippen molar-refractivity contribution >= 4 is 23.0 Å². The van der Waals surface area contributed by atoms with Crippen molar-refractivity contribution in [2.45, 2.75) is 6.92 Å². The third-order valence-electron chi connectivity index (χ3n) is 3.84. The average Bonchev–Trinajstić information content (AvgIpc) is 2.93. The molecule has 3 heterocycles. The number of rotatable bonds is 2. The molecule has 1 amide bonds. The predicted octanol–water partition coefficient (Wildman–Crippen LogP) is 2.02. The zero-order valence-corrected chi connectivity index (χ0v) is 12.7. The molecule has 2 aromatic rings. The molecule has 4 rings (SSSR count). The summed E-state index contributed by atoms with van der Waals surface area (Å²) in [5.74, 6) is 0.358. The first kappa shape index (κ1) is 13.6. The Kier molecular flexibility index (Phi) is 2.95. The van der Waals surface area contributed by atoms with Crippen LogP contribution >= 0.6 is 0 Å². The zero-order valence-electron chi connectivity index (χ0n) is 12.7. The number of aromatic nitrogens is 1. The number of nitrogens with one attached hydrogen (secondary N) is 2. The number of hydrogen-bond acceptors (Lipinski definition) is 6. The maximum atomic E-state index is 12.8. The van der Waals surface area contributed by atoms with Crippen molar-refractivity contribution in [2.24, 2.45) is 0 Å². The number of benzene rings is 1. The second kappa shape index (κ2) is 4.99. The number of anilines is 3. The van der Waals surface area contributed by atoms with E-state index in [2.05, 4.69) is 15.8 Å². The van der Waals surface area contributed by atoms with Crippen LogP contribution in [0.2, 0.25) is 0 Å². The Balaban J connectivity index is 1.74. The first-order chi connectivity index (χ1) is 11.2. The highest BCUT2D eigenvalue weighted by Gasteiger charge is 2.39. The van der Waals surface area contributed by atoms with E-state index in [-0.39, 0.29) is 5.91 Å². The number of amides is 1. The minimum atomic E-state index is -0.142. The zero-order chi connectivity index (χ0) is 16.0. The number of carbonyl (C=O) groups is 1. The summed E-state index contributed by atoms with van der Waals surface area (Å²) in [6.07, 6.45) is 1.59. The van der Waals surface area contributed by atoms with Crippen LogP contribution in [0.3, 0.4) is 0 Å². The fraction of sp³-hybridized carbons (Fsp3) is 0.125. The van der Waals surface area contributed by atoms with Gasteiger partial charge in [0.05, 0.1) is 30.4 Å². The fourth-order valence-electron chi connectivity index (χ4n) is 2.74. The Hall–Kier alpha value is -3.06. The molecule has 23 heavy (non-hydrogen) atoms. The van der Waals surface area contributed by atoms with Crippen LogP contribution in [-0.4, -0.2) is 18.0 Å². The minimum absolute atomic E-state index is 0.142. The molecule has 2 N–H and O–H groups in total. The van der Waals surface area contributed by atoms with E-state index in [1.54, 1.807) is 30.4 Å². The lowest BCUT2D eigenvalue weighted by Gasteiger charge is -2.28. The van der Waals surface area contributed by atoms with Gasteiger partial charge in [-0.15, -0.1) is 5.53 Å². The van der Waals surface area contributed by atoms with Gasteiger partial charge in [0.15, 0.2) is 0 Å². The molecule has 1 aromatic heterocycles. The van der Waals surface area contributed by atoms with Crippen LogP contribution in [0.5, 0.6) is 5.88 Å². The van der Waals surface area contributed by atoms with Crippen molar-refractivity contribution < 1.29 is 9.53 Å². The average molecular weight is 309 g/mol. The SMILES string of the molecule is COc1ccc(N2NN3C(=C(C)Nc4ccccc43)C2=O)cn1. The van der Waals surface area contributed by atoms with Gasteiger partial charge in [0.25, 0.3) is 5.91 Å². The highest BCUT2D eigenvalue weighted by Crippen LogP contribution is 2.37. The first-order valence-electron chi connectivity index (χ1n) is 7.17. The monoisotopic (exact) mass is 309 g/mol. The highest BCUT2D eigenvalue weighted by molar-refractivity contribution is 6.12. The molecule has 7 heteroatoms. The van der Waals surface area contributed by atoms with Crippen molar-refractivity contribution in [1.82, 2.24) is 10.5 Å². The summed E-state index contributed by atoms with van der Waals surface area (Å²) in [4.78, 5) is 16.9. The number of para-hydroxylation sites is 2. The molecular weight excluding hydrogens is 294 g/mol. The third-order valence-corrected chi connectivity index (χ3v) is 3.84. The smallest absolute Gasteiger partial charge is 0.294 e. The summed E-state index contributed by atoms with van der Waals surface area (Å²) in [7, 11) is 1.55. The van der Waals surface area contributed by atoms with E-state index < -0.39 is 0 Å². The van der Waals surface area contributed by atoms with E-state index >= 15 is 0 Å². The van der Waals surface area contributed by atoms with Gasteiger partial charge < -0.3 is 10.1 Å². The lowest BCUT2D eigenvalue weighted by Crippen LogP contribution is -2.41. The second-order valence-corrected chi connectivity index (χ2v) is 5.25. The predicted molar refractivity (Wildman–Crippen MR) is 86.7 cm³/mol. The normalized spacial score (nSPS) is 16.2. The van der Waals surface area contributed by atoms with E-state index in [9.17, 15) is 4.79 Å². The standard InChI is InChI=1S/C16H15N5O2/c1-10-15-16(22)20(11-7-8-14(23-2)17-9-11)19-21(15)13-6-4-3-5-12(13)18-10/h3-9,18-19H,1-2H3. The Labute approximate surface area is 133 Å². The minimum Gasteiger partial charge on any atom is -0.481 e. The van der Waals surface area contributed by atoms with Crippen LogP contribution in [0, 0.1) is 0 Å². The molecule has 1 saturated heterocycles. The Bertz CT molecular complexity index is 815. The number of ether oxygens (including phenoxy) is 1. The van der Waals surface area contributed by atoms with E-state index in [0.717, 1.165) is 17.1 Å². The molecule has 0 unspecified atom stereocenters. The van der Waals surface area contributed by atoms with Crippen molar-refractivity contribution in [1.29, 1.82) is 0 Å². The molecule has 2 aliphatic rings. The van der Waals surface area contributed by atoms with Crippen molar-refractivity contribution in [3.8, 4) is 5.88 Å². The van der Waals surface area contributed by atoms with Gasteiger partial charge in [-0.3, -0.25) is 4.79 Å². The Morgan fingerprint density at radius 1 is 1.13 bits per heavy atom. The molecule has 0 atom stereocenters. The van der Waals surface area contributed by atoms with Gasteiger partial charge in [-0.05, 0) is 25.1 Å². The molecular formula is C16H15N5O2. The number of nitrogens with zero attached hydrogens (tertiary/aromatic N) is 3. The van der Waals surface area contributed by atoms with Crippen LogP contribution < -0.4 is 25.6 Å². The quantitative estimate of drug-likeness (QED) is 0.884. The van der Waals surface area contributed by atoms with Gasteiger partial charge in [-0.1, -0.05) is 12.1 Å². The van der Waals surface area contributed by atoms with Gasteiger partial charge in [0.1, 0.15) is 5.70 Å². The molecule has 1 aromatic carbocycles. The third kappa shape index (κ3) is 2.01. The number of methoxy groups -OCH3 is 1. The molecule has 0 bridgehead atoms. The van der Waals surface area contributed by atoms with Crippen LogP contribution in [-0.2, 0) is 4.79 Å². The number of hydrogen-bond donors (Lipinski definition) is 2. The molecule has 116 valence electrons. The summed E-state index contributed by atoms with van der Waals surface area (Å²) in [5.41, 5.74) is 6.97. The molecule has 0 radical (unpaired) electrons. The molecule has 0 saturated carbocycles. The van der Waals surface area contributed by atoms with Crippen LogP contribution in [0.15, 0.2) is 54.0 Å². The van der Waals surface area contributed by atoms with Gasteiger partial charge in [0.2, 0.25) is 5.88 Å². The molecule has 0 aliphatic carbocycles. The summed E-state index contributed by atoms with van der Waals surface area (Å²) in [6.45, 7) is 1.88. The number of hydrazine groups is 2. The van der Waals surface area contributed by atoms with Crippen LogP contribution in [0.1, 0.15) is 6.92 Å². The van der Waals surface area contributed by atoms with Crippen molar-refractivity contribution in [3.05, 3.63) is 54.0 Å². The maximum Gasteiger partial charge on any atom is 0.294 e. The van der Waals surface area contributed by atoms with E-state index in [4.69, 9.17) is 4.74 Å². The highest BCUT2D eigenvalue weighted by atomic mass is 16.5. The first-order valence-corrected chi connectivity index (χ1v) is 7.17. The summed E-state index contributed by atoms with van der Waals surface area (Å²) >= 11 is 0. The fourth-order valence-corrected chi connectivity index (χ4v) is 2.74. The van der Waals surface area contributed by atoms with E-state index in [0.29, 0.717) is 17.3 Å². The van der Waals surface area contributed by atoms with Crippen LogP contribution in [0.25, 0.3) is 0 Å². The van der Waals surface area contributed by atoms with Gasteiger partial charge >= 0.3 is 0 Å². The molecule has 1 fully saturated rings. The summed E-state index contributed by atoms with van der Waals surface area (Å²) in [5, 5.41) is 6.52. The van der Waals surface area contributed by atoms with Gasteiger partial charge in [-0.25, -0.2) is 15.0 Å². The largest absolute Gasteiger partial charge is 0.481 e. The molecule has 0 spiro atoms. The van der Waals surface area contributed by atoms with Crippen molar-refractivity contribution in [3.63, 3.8) is 0 Å². The van der Waals surface area contributed by atoms with Crippen LogP contribution in [0.4, 0.5) is 17.1 Å². The van der Waals surface area contributed by atoms with Gasteiger partial charge in [0, 0.05) is 11.8 Å². The van der Waals surface area contributed by atoms with E-state index in [1.165, 1.54) is 5.01 Å². The Morgan fingerprint density at radius 2 is 1.96 bits per heavy atom. The number of allylic oxidation sites excluding steroid dienone is 1. The molecule has 2 aliphatic heterocycles. The molecule has 7 nitrogen and oxygen atoms in total. The Morgan fingerprint density at radius 3 is 2.70 bits per heavy atom.